The average Bonchev–Trinajstić information content (AvgIpc) is 3.47. The first-order valence-corrected chi connectivity index (χ1v) is 14.1. The van der Waals surface area contributed by atoms with Crippen LogP contribution in [0.1, 0.15) is 5.82 Å². The molecule has 5 rings (SSSR count). The van der Waals surface area contributed by atoms with Crippen molar-refractivity contribution >= 4 is 27.3 Å². The molecule has 0 aliphatic carbocycles. The molecule has 0 saturated carbocycles. The highest BCUT2D eigenvalue weighted by Crippen LogP contribution is 2.25. The number of rotatable bonds is 9. The van der Waals surface area contributed by atoms with Crippen LogP contribution in [-0.2, 0) is 22.9 Å². The van der Waals surface area contributed by atoms with Crippen LogP contribution in [-0.4, -0.2) is 78.0 Å². The van der Waals surface area contributed by atoms with Crippen LogP contribution in [0.4, 0.5) is 19.0 Å². The number of hydrogen-bond acceptors (Lipinski definition) is 9. The minimum Gasteiger partial charge on any atom is -0.382 e. The van der Waals surface area contributed by atoms with Gasteiger partial charge in [0.15, 0.2) is 33.4 Å². The number of benzene rings is 1. The maximum Gasteiger partial charge on any atom is 0.416 e. The van der Waals surface area contributed by atoms with Gasteiger partial charge in [0.1, 0.15) is 18.6 Å². The van der Waals surface area contributed by atoms with Gasteiger partial charge in [-0.2, -0.15) is 13.2 Å². The van der Waals surface area contributed by atoms with Crippen molar-refractivity contribution < 1.29 is 26.7 Å². The van der Waals surface area contributed by atoms with Crippen molar-refractivity contribution in [3.8, 4) is 17.1 Å². The molecule has 1 unspecified atom stereocenters. The summed E-state index contributed by atoms with van der Waals surface area (Å²) in [7, 11) is -2.96. The zero-order valence-corrected chi connectivity index (χ0v) is 22.1. The van der Waals surface area contributed by atoms with Gasteiger partial charge in [-0.25, -0.2) is 32.5 Å². The topological polar surface area (TPSA) is 150 Å². The molecule has 0 bridgehead atoms. The quantitative estimate of drug-likeness (QED) is 0.294. The van der Waals surface area contributed by atoms with Gasteiger partial charge >= 0.3 is 11.9 Å². The summed E-state index contributed by atoms with van der Waals surface area (Å²) >= 11 is 5.91. The maximum atomic E-state index is 13.1. The van der Waals surface area contributed by atoms with Crippen LogP contribution in [0.3, 0.4) is 0 Å². The Balaban J connectivity index is 1.40. The number of aromatic nitrogens is 7. The van der Waals surface area contributed by atoms with Gasteiger partial charge in [-0.05, 0) is 36.4 Å². The van der Waals surface area contributed by atoms with E-state index in [2.05, 4.69) is 25.5 Å². The Morgan fingerprint density at radius 2 is 1.85 bits per heavy atom. The third-order valence-corrected chi connectivity index (χ3v) is 8.37. The molecule has 1 atom stereocenters. The second-order valence-corrected chi connectivity index (χ2v) is 11.8. The molecular weight excluding hydrogens is 577 g/mol. The van der Waals surface area contributed by atoms with Crippen molar-refractivity contribution in [2.75, 3.05) is 23.4 Å². The monoisotopic (exact) mass is 598 g/mol. The molecule has 1 aromatic carbocycles. The summed E-state index contributed by atoms with van der Waals surface area (Å²) in [5.74, 6) is 0.658. The Bertz CT molecular complexity index is 1670. The fraction of sp³-hybridized carbons (Fsp3) is 0.348. The number of alkyl halides is 3. The standard InChI is InChI=1S/C23H22ClF3N8O4S/c24-16-5-3-15(4-6-16)21-32-34(22(37)33(21)9-18(36)23(25,26)27)10-19-30-13-35(31-19)17-2-1-7-28-20(17)29-8-14-11-40(38,39)12-14/h1-7,13-14,18,36H,8-12H2,(H,28,29). The summed E-state index contributed by atoms with van der Waals surface area (Å²) in [4.78, 5) is 21.6. The van der Waals surface area contributed by atoms with E-state index in [0.717, 1.165) is 9.25 Å². The number of sulfone groups is 1. The van der Waals surface area contributed by atoms with Crippen LogP contribution in [0.15, 0.2) is 53.7 Å². The highest BCUT2D eigenvalue weighted by molar-refractivity contribution is 7.92. The van der Waals surface area contributed by atoms with Crippen molar-refractivity contribution in [2.24, 2.45) is 5.92 Å². The normalized spacial score (nSPS) is 16.0. The molecule has 4 heterocycles. The fourth-order valence-electron chi connectivity index (χ4n) is 4.16. The van der Waals surface area contributed by atoms with Gasteiger partial charge in [-0.3, -0.25) is 4.57 Å². The van der Waals surface area contributed by atoms with Crippen molar-refractivity contribution in [1.29, 1.82) is 0 Å². The lowest BCUT2D eigenvalue weighted by Crippen LogP contribution is -2.40. The first-order valence-electron chi connectivity index (χ1n) is 11.9. The number of anilines is 1. The van der Waals surface area contributed by atoms with E-state index in [1.54, 1.807) is 18.3 Å². The van der Waals surface area contributed by atoms with Crippen LogP contribution in [0.25, 0.3) is 17.1 Å². The first-order chi connectivity index (χ1) is 18.9. The van der Waals surface area contributed by atoms with E-state index in [1.165, 1.54) is 35.3 Å². The molecular formula is C23H22ClF3N8O4S. The third-order valence-electron chi connectivity index (χ3n) is 6.16. The molecule has 17 heteroatoms. The lowest BCUT2D eigenvalue weighted by atomic mass is 10.2. The fourth-order valence-corrected chi connectivity index (χ4v) is 5.86. The molecule has 4 aromatic rings. The van der Waals surface area contributed by atoms with E-state index < -0.39 is 34.4 Å². The van der Waals surface area contributed by atoms with E-state index in [9.17, 15) is 31.5 Å². The lowest BCUT2D eigenvalue weighted by Gasteiger charge is -2.26. The van der Waals surface area contributed by atoms with Gasteiger partial charge in [0.05, 0.1) is 18.1 Å². The SMILES string of the molecule is O=c1n(Cc2ncn(-c3cccnc3NCC3CS(=O)(=O)C3)n2)nc(-c2ccc(Cl)cc2)n1CC(O)C(F)(F)F. The maximum absolute atomic E-state index is 13.1. The molecule has 212 valence electrons. The second kappa shape index (κ2) is 10.7. The Morgan fingerprint density at radius 1 is 1.12 bits per heavy atom. The summed E-state index contributed by atoms with van der Waals surface area (Å²) in [5.41, 5.74) is -0.0707. The molecule has 0 spiro atoms. The third kappa shape index (κ3) is 6.03. The molecule has 3 aromatic heterocycles. The lowest BCUT2D eigenvalue weighted by molar-refractivity contribution is -0.207. The van der Waals surface area contributed by atoms with Gasteiger partial charge in [-0.1, -0.05) is 11.6 Å². The van der Waals surface area contributed by atoms with Gasteiger partial charge < -0.3 is 10.4 Å². The van der Waals surface area contributed by atoms with E-state index in [1.807, 2.05) is 0 Å². The van der Waals surface area contributed by atoms with Crippen molar-refractivity contribution in [3.05, 3.63) is 70.3 Å². The van der Waals surface area contributed by atoms with Gasteiger partial charge in [0.2, 0.25) is 0 Å². The smallest absolute Gasteiger partial charge is 0.382 e. The zero-order valence-electron chi connectivity index (χ0n) is 20.5. The Hall–Kier alpha value is -3.76. The number of aliphatic hydroxyl groups is 1. The summed E-state index contributed by atoms with van der Waals surface area (Å²) in [6.07, 6.45) is -4.80. The number of pyridine rings is 1. The van der Waals surface area contributed by atoms with Gasteiger partial charge in [0.25, 0.3) is 0 Å². The molecule has 0 radical (unpaired) electrons. The average molecular weight is 599 g/mol. The highest BCUT2D eigenvalue weighted by Gasteiger charge is 2.39. The van der Waals surface area contributed by atoms with Gasteiger partial charge in [-0.15, -0.1) is 10.2 Å². The molecule has 40 heavy (non-hydrogen) atoms. The number of halogens is 4. The largest absolute Gasteiger partial charge is 0.416 e. The summed E-state index contributed by atoms with van der Waals surface area (Å²) in [5, 5.41) is 21.7. The summed E-state index contributed by atoms with van der Waals surface area (Å²) < 4.78 is 65.2. The molecule has 12 nitrogen and oxygen atoms in total. The number of aliphatic hydroxyl groups excluding tert-OH is 1. The second-order valence-electron chi connectivity index (χ2n) is 9.24. The van der Waals surface area contributed by atoms with Crippen LogP contribution >= 0.6 is 11.6 Å². The number of nitrogens with one attached hydrogen (secondary N) is 1. The number of nitrogens with zero attached hydrogens (tertiary/aromatic N) is 7. The van der Waals surface area contributed by atoms with E-state index in [0.29, 0.717) is 28.6 Å². The molecule has 1 fully saturated rings. The predicted molar refractivity (Wildman–Crippen MR) is 138 cm³/mol. The molecule has 1 aliphatic heterocycles. The molecule has 1 aliphatic rings. The van der Waals surface area contributed by atoms with E-state index in [-0.39, 0.29) is 35.6 Å². The molecule has 1 saturated heterocycles. The summed E-state index contributed by atoms with van der Waals surface area (Å²) in [6.45, 7) is -0.936. The van der Waals surface area contributed by atoms with E-state index >= 15 is 0 Å². The Labute approximate surface area is 230 Å². The Morgan fingerprint density at radius 3 is 2.52 bits per heavy atom. The van der Waals surface area contributed by atoms with Gasteiger partial charge in [0, 0.05) is 29.2 Å². The first kappa shape index (κ1) is 27.8. The highest BCUT2D eigenvalue weighted by atomic mass is 35.5. The van der Waals surface area contributed by atoms with Crippen molar-refractivity contribution in [2.45, 2.75) is 25.4 Å². The van der Waals surface area contributed by atoms with Crippen molar-refractivity contribution in [3.63, 3.8) is 0 Å². The minimum absolute atomic E-state index is 0.0288. The van der Waals surface area contributed by atoms with Crippen LogP contribution in [0.5, 0.6) is 0 Å². The van der Waals surface area contributed by atoms with Crippen LogP contribution in [0, 0.1) is 5.92 Å². The van der Waals surface area contributed by atoms with Crippen LogP contribution < -0.4 is 11.0 Å². The number of hydrogen-bond donors (Lipinski definition) is 2. The van der Waals surface area contributed by atoms with Crippen molar-refractivity contribution in [1.82, 2.24) is 34.1 Å². The Kier molecular flexibility index (Phi) is 7.41. The zero-order chi connectivity index (χ0) is 28.7. The predicted octanol–water partition coefficient (Wildman–Crippen LogP) is 1.77. The molecule has 0 amide bonds. The van der Waals surface area contributed by atoms with Crippen LogP contribution in [0.2, 0.25) is 5.02 Å². The minimum atomic E-state index is -4.94. The summed E-state index contributed by atoms with van der Waals surface area (Å²) in [6, 6.07) is 9.37. The molecule has 2 N–H and O–H groups in total. The van der Waals surface area contributed by atoms with E-state index in [4.69, 9.17) is 11.6 Å².